The maximum absolute atomic E-state index is 13.5. The molecule has 0 aromatic heterocycles. The molecule has 18 heavy (non-hydrogen) atoms. The molecule has 0 aliphatic carbocycles. The molecule has 0 spiro atoms. The Morgan fingerprint density at radius 3 is 2.72 bits per heavy atom. The Morgan fingerprint density at radius 1 is 1.39 bits per heavy atom. The molecule has 102 valence electrons. The predicted octanol–water partition coefficient (Wildman–Crippen LogP) is 4.25. The van der Waals surface area contributed by atoms with Gasteiger partial charge in [0.15, 0.2) is 0 Å². The Balaban J connectivity index is 2.67. The zero-order chi connectivity index (χ0) is 13.5. The highest BCUT2D eigenvalue weighted by atomic mass is 79.9. The van der Waals surface area contributed by atoms with E-state index in [9.17, 15) is 4.39 Å². The smallest absolute Gasteiger partial charge is 0.137 e. The van der Waals surface area contributed by atoms with E-state index in [4.69, 9.17) is 0 Å². The highest BCUT2D eigenvalue weighted by molar-refractivity contribution is 9.10. The van der Waals surface area contributed by atoms with E-state index >= 15 is 0 Å². The number of hydrogen-bond acceptors (Lipinski definition) is 2. The van der Waals surface area contributed by atoms with Crippen molar-refractivity contribution in [2.24, 2.45) is 0 Å². The summed E-state index contributed by atoms with van der Waals surface area (Å²) in [5.74, 6) is 0.869. The summed E-state index contributed by atoms with van der Waals surface area (Å²) >= 11 is 5.27. The molecule has 4 heteroatoms. The van der Waals surface area contributed by atoms with Gasteiger partial charge in [0, 0.05) is 11.8 Å². The summed E-state index contributed by atoms with van der Waals surface area (Å²) < 4.78 is 14.1. The molecule has 0 saturated carbocycles. The number of hydrogen-bond donors (Lipinski definition) is 1. The molecule has 0 heterocycles. The number of benzene rings is 1. The summed E-state index contributed by atoms with van der Waals surface area (Å²) in [6.45, 7) is 7.45. The van der Waals surface area contributed by atoms with E-state index in [1.807, 2.05) is 17.8 Å². The van der Waals surface area contributed by atoms with Crippen molar-refractivity contribution in [3.63, 3.8) is 0 Å². The van der Waals surface area contributed by atoms with Crippen molar-refractivity contribution in [2.75, 3.05) is 12.3 Å². The van der Waals surface area contributed by atoms with E-state index in [0.717, 1.165) is 24.3 Å². The van der Waals surface area contributed by atoms with Gasteiger partial charge >= 0.3 is 0 Å². The lowest BCUT2D eigenvalue weighted by Gasteiger charge is -2.19. The molecule has 1 N–H and O–H groups in total. The summed E-state index contributed by atoms with van der Waals surface area (Å²) in [4.78, 5) is 0. The average Bonchev–Trinajstić information content (AvgIpc) is 2.32. The van der Waals surface area contributed by atoms with Gasteiger partial charge < -0.3 is 5.32 Å². The van der Waals surface area contributed by atoms with Crippen LogP contribution in [-0.2, 0) is 6.42 Å². The van der Waals surface area contributed by atoms with Crippen LogP contribution in [-0.4, -0.2) is 23.6 Å². The molecule has 0 aliphatic rings. The molecule has 1 aromatic rings. The van der Waals surface area contributed by atoms with Crippen molar-refractivity contribution in [1.29, 1.82) is 0 Å². The zero-order valence-corrected chi connectivity index (χ0v) is 13.6. The van der Waals surface area contributed by atoms with E-state index in [1.165, 1.54) is 6.07 Å². The Labute approximate surface area is 122 Å². The molecule has 0 fully saturated rings. The molecule has 0 bridgehead atoms. The van der Waals surface area contributed by atoms with Crippen molar-refractivity contribution >= 4 is 27.7 Å². The molecule has 1 atom stereocenters. The standard InChI is InChI=1S/C14H21BrFNS/c1-4-17-12(9-18-10(2)3)8-11-6-5-7-13(16)14(11)15/h5-7,10,12,17H,4,8-9H2,1-3H3. The topological polar surface area (TPSA) is 12.0 Å². The third-order valence-corrected chi connectivity index (χ3v) is 4.77. The molecule has 0 radical (unpaired) electrons. The summed E-state index contributed by atoms with van der Waals surface area (Å²) in [7, 11) is 0. The fourth-order valence-electron chi connectivity index (χ4n) is 1.76. The highest BCUT2D eigenvalue weighted by Crippen LogP contribution is 2.23. The van der Waals surface area contributed by atoms with Gasteiger partial charge in [-0.3, -0.25) is 0 Å². The predicted molar refractivity (Wildman–Crippen MR) is 82.9 cm³/mol. The van der Waals surface area contributed by atoms with Crippen molar-refractivity contribution in [2.45, 2.75) is 38.5 Å². The molecule has 1 aromatic carbocycles. The third-order valence-electron chi connectivity index (χ3n) is 2.62. The van der Waals surface area contributed by atoms with Gasteiger partial charge in [-0.1, -0.05) is 32.9 Å². The minimum atomic E-state index is -0.181. The van der Waals surface area contributed by atoms with Gasteiger partial charge in [-0.15, -0.1) is 0 Å². The third kappa shape index (κ3) is 5.29. The van der Waals surface area contributed by atoms with Crippen LogP contribution < -0.4 is 5.32 Å². The first-order chi connectivity index (χ1) is 8.54. The number of nitrogens with one attached hydrogen (secondary N) is 1. The van der Waals surface area contributed by atoms with E-state index in [-0.39, 0.29) is 5.82 Å². The second kappa shape index (κ2) is 8.18. The van der Waals surface area contributed by atoms with Crippen LogP contribution in [0.3, 0.4) is 0 Å². The first kappa shape index (κ1) is 16.0. The van der Waals surface area contributed by atoms with Crippen LogP contribution in [0.15, 0.2) is 22.7 Å². The molecule has 0 amide bonds. The second-order valence-corrected chi connectivity index (χ2v) is 6.96. The SMILES string of the molecule is CCNC(CSC(C)C)Cc1cccc(F)c1Br. The highest BCUT2D eigenvalue weighted by Gasteiger charge is 2.13. The van der Waals surface area contributed by atoms with E-state index in [2.05, 4.69) is 42.0 Å². The van der Waals surface area contributed by atoms with Gasteiger partial charge in [-0.05, 0) is 45.8 Å². The average molecular weight is 334 g/mol. The van der Waals surface area contributed by atoms with Gasteiger partial charge in [0.2, 0.25) is 0 Å². The minimum absolute atomic E-state index is 0.181. The van der Waals surface area contributed by atoms with E-state index in [1.54, 1.807) is 6.07 Å². The normalized spacial score (nSPS) is 13.0. The number of halogens is 2. The Hall–Kier alpha value is -0.0600. The Morgan fingerprint density at radius 2 is 2.11 bits per heavy atom. The quantitative estimate of drug-likeness (QED) is 0.800. The van der Waals surface area contributed by atoms with Crippen molar-refractivity contribution in [3.8, 4) is 0 Å². The van der Waals surface area contributed by atoms with Gasteiger partial charge in [-0.2, -0.15) is 11.8 Å². The van der Waals surface area contributed by atoms with Gasteiger partial charge in [0.05, 0.1) is 4.47 Å². The lowest BCUT2D eigenvalue weighted by molar-refractivity contribution is 0.565. The Kier molecular flexibility index (Phi) is 7.27. The summed E-state index contributed by atoms with van der Waals surface area (Å²) in [6.07, 6.45) is 0.853. The largest absolute Gasteiger partial charge is 0.313 e. The summed E-state index contributed by atoms with van der Waals surface area (Å²) in [5.41, 5.74) is 1.03. The monoisotopic (exact) mass is 333 g/mol. The maximum atomic E-state index is 13.5. The van der Waals surface area contributed by atoms with Crippen molar-refractivity contribution in [3.05, 3.63) is 34.1 Å². The van der Waals surface area contributed by atoms with E-state index < -0.39 is 0 Å². The zero-order valence-electron chi connectivity index (χ0n) is 11.2. The maximum Gasteiger partial charge on any atom is 0.137 e. The number of rotatable bonds is 7. The fraction of sp³-hybridized carbons (Fsp3) is 0.571. The van der Waals surface area contributed by atoms with Crippen LogP contribution in [0.25, 0.3) is 0 Å². The van der Waals surface area contributed by atoms with Crippen molar-refractivity contribution in [1.82, 2.24) is 5.32 Å². The van der Waals surface area contributed by atoms with Crippen LogP contribution in [0.2, 0.25) is 0 Å². The molecule has 0 saturated heterocycles. The molecule has 1 nitrogen and oxygen atoms in total. The first-order valence-corrected chi connectivity index (χ1v) is 8.16. The molecule has 1 rings (SSSR count). The van der Waals surface area contributed by atoms with E-state index in [0.29, 0.717) is 15.8 Å². The molecular weight excluding hydrogens is 313 g/mol. The molecule has 1 unspecified atom stereocenters. The lowest BCUT2D eigenvalue weighted by atomic mass is 10.1. The molecular formula is C14H21BrFNS. The molecule has 0 aliphatic heterocycles. The minimum Gasteiger partial charge on any atom is -0.313 e. The van der Waals surface area contributed by atoms with Crippen LogP contribution in [0, 0.1) is 5.82 Å². The summed E-state index contributed by atoms with van der Waals surface area (Å²) in [5, 5.41) is 4.10. The van der Waals surface area contributed by atoms with Crippen molar-refractivity contribution < 1.29 is 4.39 Å². The van der Waals surface area contributed by atoms with Gasteiger partial charge in [-0.25, -0.2) is 4.39 Å². The number of thioether (sulfide) groups is 1. The van der Waals surface area contributed by atoms with Crippen LogP contribution in [0.5, 0.6) is 0 Å². The summed E-state index contributed by atoms with van der Waals surface area (Å²) in [6, 6.07) is 5.63. The van der Waals surface area contributed by atoms with Crippen LogP contribution in [0.4, 0.5) is 4.39 Å². The number of likely N-dealkylation sites (N-methyl/N-ethyl adjacent to an activating group) is 1. The van der Waals surface area contributed by atoms with Crippen LogP contribution in [0.1, 0.15) is 26.3 Å². The van der Waals surface area contributed by atoms with Crippen LogP contribution >= 0.6 is 27.7 Å². The lowest BCUT2D eigenvalue weighted by Crippen LogP contribution is -2.33. The second-order valence-electron chi connectivity index (χ2n) is 4.55. The fourth-order valence-corrected chi connectivity index (χ4v) is 3.04. The Bertz CT molecular complexity index is 371. The first-order valence-electron chi connectivity index (χ1n) is 6.32. The van der Waals surface area contributed by atoms with Gasteiger partial charge in [0.1, 0.15) is 5.82 Å². The van der Waals surface area contributed by atoms with Gasteiger partial charge in [0.25, 0.3) is 0 Å².